The average Bonchev–Trinajstić information content (AvgIpc) is 2.75. The molecule has 0 radical (unpaired) electrons. The van der Waals surface area contributed by atoms with Gasteiger partial charge in [-0.2, -0.15) is 4.98 Å². The van der Waals surface area contributed by atoms with E-state index in [-0.39, 0.29) is 4.90 Å². The minimum absolute atomic E-state index is 0.181. The van der Waals surface area contributed by atoms with Crippen LogP contribution in [0.4, 0.5) is 23.1 Å². The first-order valence-electron chi connectivity index (χ1n) is 9.73. The van der Waals surface area contributed by atoms with E-state index in [0.29, 0.717) is 29.3 Å². The third-order valence-corrected chi connectivity index (χ3v) is 7.09. The Morgan fingerprint density at radius 3 is 2.39 bits per heavy atom. The number of sulfonamides is 1. The van der Waals surface area contributed by atoms with Gasteiger partial charge in [-0.1, -0.05) is 12.1 Å². The van der Waals surface area contributed by atoms with Gasteiger partial charge in [0.2, 0.25) is 5.95 Å². The molecule has 0 bridgehead atoms. The van der Waals surface area contributed by atoms with Crippen LogP contribution in [0, 0.1) is 6.92 Å². The van der Waals surface area contributed by atoms with E-state index in [9.17, 15) is 8.42 Å². The Bertz CT molecular complexity index is 1170. The minimum Gasteiger partial charge on any atom is -0.378 e. The minimum atomic E-state index is -3.70. The van der Waals surface area contributed by atoms with E-state index in [2.05, 4.69) is 40.8 Å². The van der Waals surface area contributed by atoms with Gasteiger partial charge in [-0.05, 0) is 59.3 Å². The van der Waals surface area contributed by atoms with Crippen LogP contribution in [-0.4, -0.2) is 44.7 Å². The van der Waals surface area contributed by atoms with Crippen molar-refractivity contribution in [3.05, 3.63) is 64.8 Å². The lowest BCUT2D eigenvalue weighted by molar-refractivity contribution is 0.122. The summed E-state index contributed by atoms with van der Waals surface area (Å²) in [5.74, 6) is 1.35. The molecule has 31 heavy (non-hydrogen) atoms. The lowest BCUT2D eigenvalue weighted by atomic mass is 10.3. The molecule has 2 heterocycles. The molecule has 1 aromatic heterocycles. The summed E-state index contributed by atoms with van der Waals surface area (Å²) >= 11 is 3.28. The molecule has 0 atom stereocenters. The van der Waals surface area contributed by atoms with Gasteiger partial charge in [0.05, 0.1) is 13.2 Å². The number of nitrogens with zero attached hydrogens (tertiary/aromatic N) is 3. The number of halogens is 1. The van der Waals surface area contributed by atoms with Crippen LogP contribution in [0.1, 0.15) is 5.69 Å². The standard InChI is InChI=1S/C21H22BrN5O3S/c1-15-14-20(27-10-12-30-13-11-27)25-21(23-15)24-16-6-8-17(9-7-16)26-31(28,29)19-5-3-2-4-18(19)22/h2-9,14,26H,10-13H2,1H3,(H,23,24,25). The summed E-state index contributed by atoms with van der Waals surface area (Å²) in [6.45, 7) is 4.88. The maximum atomic E-state index is 12.6. The quantitative estimate of drug-likeness (QED) is 0.525. The maximum Gasteiger partial charge on any atom is 0.263 e. The highest BCUT2D eigenvalue weighted by molar-refractivity contribution is 9.10. The van der Waals surface area contributed by atoms with Gasteiger partial charge in [0, 0.05) is 40.7 Å². The molecule has 3 aromatic rings. The van der Waals surface area contributed by atoms with Gasteiger partial charge in [0.15, 0.2) is 0 Å². The van der Waals surface area contributed by atoms with Gasteiger partial charge in [-0.15, -0.1) is 0 Å². The highest BCUT2D eigenvalue weighted by Crippen LogP contribution is 2.25. The van der Waals surface area contributed by atoms with E-state index >= 15 is 0 Å². The molecule has 0 unspecified atom stereocenters. The summed E-state index contributed by atoms with van der Waals surface area (Å²) in [5, 5.41) is 3.19. The molecule has 1 aliphatic rings. The second kappa shape index (κ2) is 9.21. The zero-order valence-corrected chi connectivity index (χ0v) is 19.3. The van der Waals surface area contributed by atoms with Gasteiger partial charge in [-0.3, -0.25) is 4.72 Å². The molecule has 0 aliphatic carbocycles. The van der Waals surface area contributed by atoms with Crippen LogP contribution < -0.4 is 14.9 Å². The van der Waals surface area contributed by atoms with Crippen molar-refractivity contribution >= 4 is 49.1 Å². The van der Waals surface area contributed by atoms with Crippen molar-refractivity contribution in [3.63, 3.8) is 0 Å². The van der Waals surface area contributed by atoms with Gasteiger partial charge in [0.25, 0.3) is 10.0 Å². The van der Waals surface area contributed by atoms with Gasteiger partial charge in [0.1, 0.15) is 10.7 Å². The Morgan fingerprint density at radius 1 is 1.00 bits per heavy atom. The molecule has 1 fully saturated rings. The SMILES string of the molecule is Cc1cc(N2CCOCC2)nc(Nc2ccc(NS(=O)(=O)c3ccccc3Br)cc2)n1. The van der Waals surface area contributed by atoms with Crippen molar-refractivity contribution in [3.8, 4) is 0 Å². The Balaban J connectivity index is 1.48. The average molecular weight is 504 g/mol. The predicted molar refractivity (Wildman–Crippen MR) is 124 cm³/mol. The van der Waals surface area contributed by atoms with Crippen LogP contribution in [0.25, 0.3) is 0 Å². The summed E-state index contributed by atoms with van der Waals surface area (Å²) < 4.78 is 33.8. The van der Waals surface area contributed by atoms with E-state index in [0.717, 1.165) is 30.3 Å². The van der Waals surface area contributed by atoms with Crippen LogP contribution >= 0.6 is 15.9 Å². The molecule has 2 aromatic carbocycles. The molecular weight excluding hydrogens is 482 g/mol. The highest BCUT2D eigenvalue weighted by Gasteiger charge is 2.17. The first kappa shape index (κ1) is 21.5. The van der Waals surface area contributed by atoms with Gasteiger partial charge < -0.3 is 15.0 Å². The summed E-state index contributed by atoms with van der Waals surface area (Å²) in [7, 11) is -3.70. The first-order chi connectivity index (χ1) is 14.9. The van der Waals surface area contributed by atoms with E-state index in [1.165, 1.54) is 0 Å². The number of hydrogen-bond acceptors (Lipinski definition) is 7. The van der Waals surface area contributed by atoms with Gasteiger partial charge in [-0.25, -0.2) is 13.4 Å². The summed E-state index contributed by atoms with van der Waals surface area (Å²) in [6, 6.07) is 15.6. The molecule has 8 nitrogen and oxygen atoms in total. The molecule has 0 spiro atoms. The zero-order chi connectivity index (χ0) is 21.8. The number of rotatable bonds is 6. The Morgan fingerprint density at radius 2 is 1.68 bits per heavy atom. The smallest absolute Gasteiger partial charge is 0.263 e. The van der Waals surface area contributed by atoms with Crippen LogP contribution in [-0.2, 0) is 14.8 Å². The second-order valence-corrected chi connectivity index (χ2v) is 9.53. The second-order valence-electron chi connectivity index (χ2n) is 7.03. The number of benzene rings is 2. The van der Waals surface area contributed by atoms with E-state index in [4.69, 9.17) is 4.74 Å². The van der Waals surface area contributed by atoms with Crippen molar-refractivity contribution in [2.45, 2.75) is 11.8 Å². The fourth-order valence-corrected chi connectivity index (χ4v) is 5.25. The molecule has 1 aliphatic heterocycles. The largest absolute Gasteiger partial charge is 0.378 e. The third-order valence-electron chi connectivity index (χ3n) is 4.70. The van der Waals surface area contributed by atoms with Crippen LogP contribution in [0.3, 0.4) is 0 Å². The number of ether oxygens (including phenoxy) is 1. The number of aromatic nitrogens is 2. The normalized spacial score (nSPS) is 14.3. The fraction of sp³-hybridized carbons (Fsp3) is 0.238. The lowest BCUT2D eigenvalue weighted by Gasteiger charge is -2.28. The molecule has 1 saturated heterocycles. The molecule has 0 saturated carbocycles. The maximum absolute atomic E-state index is 12.6. The lowest BCUT2D eigenvalue weighted by Crippen LogP contribution is -2.36. The van der Waals surface area contributed by atoms with E-state index < -0.39 is 10.0 Å². The third kappa shape index (κ3) is 5.33. The van der Waals surface area contributed by atoms with E-state index in [1.807, 2.05) is 13.0 Å². The fourth-order valence-electron chi connectivity index (χ4n) is 3.19. The Kier molecular flexibility index (Phi) is 6.40. The van der Waals surface area contributed by atoms with Gasteiger partial charge >= 0.3 is 0 Å². The van der Waals surface area contributed by atoms with Crippen LogP contribution in [0.15, 0.2) is 64.0 Å². The van der Waals surface area contributed by atoms with Crippen LogP contribution in [0.5, 0.6) is 0 Å². The first-order valence-corrected chi connectivity index (χ1v) is 12.0. The zero-order valence-electron chi connectivity index (χ0n) is 16.9. The van der Waals surface area contributed by atoms with E-state index in [1.54, 1.807) is 48.5 Å². The Labute approximate surface area is 189 Å². The molecular formula is C21H22BrN5O3S. The number of nitrogens with one attached hydrogen (secondary N) is 2. The van der Waals surface area contributed by atoms with Crippen molar-refractivity contribution in [1.82, 2.24) is 9.97 Å². The molecule has 4 rings (SSSR count). The number of anilines is 4. The van der Waals surface area contributed by atoms with Crippen molar-refractivity contribution in [2.75, 3.05) is 41.2 Å². The van der Waals surface area contributed by atoms with Crippen molar-refractivity contribution in [2.24, 2.45) is 0 Å². The predicted octanol–water partition coefficient (Wildman–Crippen LogP) is 3.93. The summed E-state index contributed by atoms with van der Waals surface area (Å²) in [4.78, 5) is 11.4. The molecule has 0 amide bonds. The molecule has 2 N–H and O–H groups in total. The van der Waals surface area contributed by atoms with Crippen molar-refractivity contribution < 1.29 is 13.2 Å². The molecule has 10 heteroatoms. The highest BCUT2D eigenvalue weighted by atomic mass is 79.9. The summed E-state index contributed by atoms with van der Waals surface area (Å²) in [6.07, 6.45) is 0. The van der Waals surface area contributed by atoms with Crippen LogP contribution in [0.2, 0.25) is 0 Å². The monoisotopic (exact) mass is 503 g/mol. The topological polar surface area (TPSA) is 96.5 Å². The Hall–Kier alpha value is -2.69. The van der Waals surface area contributed by atoms with Crippen molar-refractivity contribution in [1.29, 1.82) is 0 Å². The molecule has 162 valence electrons. The number of hydrogen-bond donors (Lipinski definition) is 2. The number of morpholine rings is 1. The number of aryl methyl sites for hydroxylation is 1. The summed E-state index contributed by atoms with van der Waals surface area (Å²) in [5.41, 5.74) is 2.07.